The summed E-state index contributed by atoms with van der Waals surface area (Å²) in [6, 6.07) is 6.50. The molecule has 2 aromatic rings. The van der Waals surface area contributed by atoms with Crippen molar-refractivity contribution in [2.75, 3.05) is 6.61 Å². The van der Waals surface area contributed by atoms with Gasteiger partial charge < -0.3 is 30.1 Å². The lowest BCUT2D eigenvalue weighted by atomic mass is 10.00. The monoisotopic (exact) mass is 350 g/mol. The zero-order valence-corrected chi connectivity index (χ0v) is 13.7. The smallest absolute Gasteiger partial charge is 0.321 e. The van der Waals surface area contributed by atoms with Crippen LogP contribution in [0, 0.1) is 0 Å². The number of aromatic nitrogens is 1. The number of aliphatic carboxylic acids is 1. The Hall–Kier alpha value is -1.97. The molecule has 2 heterocycles. The van der Waals surface area contributed by atoms with Crippen LogP contribution < -0.4 is 5.32 Å². The van der Waals surface area contributed by atoms with Crippen LogP contribution in [0.15, 0.2) is 30.5 Å². The van der Waals surface area contributed by atoms with Crippen molar-refractivity contribution >= 4 is 16.9 Å². The molecule has 5 atom stereocenters. The summed E-state index contributed by atoms with van der Waals surface area (Å²) in [7, 11) is 0. The molecule has 6 N–H and O–H groups in total. The third-order valence-electron chi connectivity index (χ3n) is 4.70. The van der Waals surface area contributed by atoms with Gasteiger partial charge in [0.05, 0.1) is 6.61 Å². The maximum Gasteiger partial charge on any atom is 0.321 e. The van der Waals surface area contributed by atoms with E-state index in [4.69, 9.17) is 4.74 Å². The fourth-order valence-electron chi connectivity index (χ4n) is 3.31. The number of para-hydroxylation sites is 1. The number of benzene rings is 1. The molecule has 136 valence electrons. The van der Waals surface area contributed by atoms with Gasteiger partial charge in [-0.1, -0.05) is 18.2 Å². The van der Waals surface area contributed by atoms with Crippen molar-refractivity contribution in [3.8, 4) is 0 Å². The molecule has 1 aromatic heterocycles. The first-order chi connectivity index (χ1) is 11.9. The minimum Gasteiger partial charge on any atom is -0.480 e. The van der Waals surface area contributed by atoms with Gasteiger partial charge in [0, 0.05) is 23.5 Å². The highest BCUT2D eigenvalue weighted by molar-refractivity contribution is 5.84. The minimum absolute atomic E-state index is 0.158. The molecule has 0 bridgehead atoms. The van der Waals surface area contributed by atoms with Crippen LogP contribution >= 0.6 is 0 Å². The number of carboxylic acids is 1. The van der Waals surface area contributed by atoms with Crippen molar-refractivity contribution in [1.82, 2.24) is 10.3 Å². The van der Waals surface area contributed by atoms with Crippen LogP contribution in [0.25, 0.3) is 10.9 Å². The fraction of sp³-hybridized carbons (Fsp3) is 0.471. The number of nitrogens with one attached hydrogen (secondary N) is 2. The molecule has 25 heavy (non-hydrogen) atoms. The molecule has 0 radical (unpaired) electrons. The largest absolute Gasteiger partial charge is 0.480 e. The van der Waals surface area contributed by atoms with E-state index in [-0.39, 0.29) is 6.42 Å². The van der Waals surface area contributed by atoms with E-state index in [0.717, 1.165) is 16.5 Å². The summed E-state index contributed by atoms with van der Waals surface area (Å²) in [4.78, 5) is 14.8. The second-order valence-electron chi connectivity index (χ2n) is 6.48. The number of rotatable bonds is 6. The number of ether oxygens (including phenoxy) is 1. The molecular weight excluding hydrogens is 328 g/mol. The molecule has 0 aliphatic carbocycles. The van der Waals surface area contributed by atoms with Gasteiger partial charge in [-0.3, -0.25) is 10.1 Å². The van der Waals surface area contributed by atoms with Gasteiger partial charge in [-0.15, -0.1) is 0 Å². The topological polar surface area (TPSA) is 135 Å². The van der Waals surface area contributed by atoms with E-state index in [1.807, 2.05) is 24.3 Å². The van der Waals surface area contributed by atoms with E-state index in [1.165, 1.54) is 6.92 Å². The van der Waals surface area contributed by atoms with Crippen LogP contribution in [-0.4, -0.2) is 68.1 Å². The van der Waals surface area contributed by atoms with E-state index >= 15 is 0 Å². The average Bonchev–Trinajstić information content (AvgIpc) is 3.09. The lowest BCUT2D eigenvalue weighted by Crippen LogP contribution is -2.58. The third kappa shape index (κ3) is 3.26. The second-order valence-corrected chi connectivity index (χ2v) is 6.48. The number of hydrogen-bond donors (Lipinski definition) is 6. The number of aliphatic hydroxyl groups excluding tert-OH is 3. The van der Waals surface area contributed by atoms with Crippen molar-refractivity contribution in [2.24, 2.45) is 0 Å². The van der Waals surface area contributed by atoms with Crippen LogP contribution in [0.3, 0.4) is 0 Å². The molecule has 1 saturated heterocycles. The summed E-state index contributed by atoms with van der Waals surface area (Å²) in [5.41, 5.74) is 0.230. The molecule has 0 amide bonds. The summed E-state index contributed by atoms with van der Waals surface area (Å²) in [5.74, 6) is -1.11. The highest BCUT2D eigenvalue weighted by Gasteiger charge is 2.52. The Kier molecular flexibility index (Phi) is 4.81. The molecule has 1 unspecified atom stereocenters. The maximum absolute atomic E-state index is 11.7. The third-order valence-corrected chi connectivity index (χ3v) is 4.70. The van der Waals surface area contributed by atoms with Crippen LogP contribution in [0.5, 0.6) is 0 Å². The SMILES string of the molecule is CC1(N[C@@H](Cc2c[nH]c3ccccc23)C(=O)O)O[C@H](CO)[C@@H](O)[C@@H]1O. The summed E-state index contributed by atoms with van der Waals surface area (Å²) in [6.45, 7) is 0.984. The molecule has 1 aliphatic heterocycles. The quantitative estimate of drug-likeness (QED) is 0.417. The van der Waals surface area contributed by atoms with Gasteiger partial charge >= 0.3 is 5.97 Å². The Morgan fingerprint density at radius 3 is 2.76 bits per heavy atom. The summed E-state index contributed by atoms with van der Waals surface area (Å²) in [6.07, 6.45) is -1.73. The first-order valence-electron chi connectivity index (χ1n) is 8.06. The van der Waals surface area contributed by atoms with Gasteiger partial charge in [0.2, 0.25) is 0 Å². The van der Waals surface area contributed by atoms with Gasteiger partial charge in [-0.05, 0) is 18.6 Å². The molecule has 3 rings (SSSR count). The molecule has 8 nitrogen and oxygen atoms in total. The highest BCUT2D eigenvalue weighted by atomic mass is 16.6. The fourth-order valence-corrected chi connectivity index (χ4v) is 3.31. The van der Waals surface area contributed by atoms with Crippen molar-refractivity contribution in [2.45, 2.75) is 43.4 Å². The Labute approximate surface area is 144 Å². The normalized spacial score (nSPS) is 30.6. The second kappa shape index (κ2) is 6.74. The van der Waals surface area contributed by atoms with Gasteiger partial charge in [0.15, 0.2) is 0 Å². The number of hydrogen-bond acceptors (Lipinski definition) is 6. The first-order valence-corrected chi connectivity index (χ1v) is 8.06. The van der Waals surface area contributed by atoms with Gasteiger partial charge in [0.25, 0.3) is 0 Å². The molecular formula is C17H22N2O6. The number of aliphatic hydroxyl groups is 3. The predicted molar refractivity (Wildman–Crippen MR) is 88.9 cm³/mol. The van der Waals surface area contributed by atoms with E-state index in [1.54, 1.807) is 6.20 Å². The molecule has 1 aromatic carbocycles. The number of carboxylic acid groups (broad SMARTS) is 1. The van der Waals surface area contributed by atoms with Crippen molar-refractivity contribution in [3.05, 3.63) is 36.0 Å². The molecule has 8 heteroatoms. The Balaban J connectivity index is 1.81. The molecule has 1 aliphatic rings. The first kappa shape index (κ1) is 17.8. The Morgan fingerprint density at radius 1 is 1.40 bits per heavy atom. The van der Waals surface area contributed by atoms with E-state index in [0.29, 0.717) is 0 Å². The summed E-state index contributed by atoms with van der Waals surface area (Å²) >= 11 is 0. The van der Waals surface area contributed by atoms with Crippen molar-refractivity contribution in [1.29, 1.82) is 0 Å². The maximum atomic E-state index is 11.7. The van der Waals surface area contributed by atoms with Gasteiger partial charge in [-0.25, -0.2) is 0 Å². The van der Waals surface area contributed by atoms with Crippen molar-refractivity contribution in [3.63, 3.8) is 0 Å². The van der Waals surface area contributed by atoms with Gasteiger partial charge in [0.1, 0.15) is 30.1 Å². The number of fused-ring (bicyclic) bond motifs is 1. The van der Waals surface area contributed by atoms with Gasteiger partial charge in [-0.2, -0.15) is 0 Å². The highest BCUT2D eigenvalue weighted by Crippen LogP contribution is 2.30. The van der Waals surface area contributed by atoms with Crippen LogP contribution in [-0.2, 0) is 16.0 Å². The number of aromatic amines is 1. The van der Waals surface area contributed by atoms with E-state index in [9.17, 15) is 25.2 Å². The number of H-pyrrole nitrogens is 1. The zero-order chi connectivity index (χ0) is 18.2. The van der Waals surface area contributed by atoms with E-state index in [2.05, 4.69) is 10.3 Å². The summed E-state index contributed by atoms with van der Waals surface area (Å²) in [5, 5.41) is 42.6. The van der Waals surface area contributed by atoms with Crippen LogP contribution in [0.1, 0.15) is 12.5 Å². The Bertz CT molecular complexity index is 762. The summed E-state index contributed by atoms with van der Waals surface area (Å²) < 4.78 is 5.48. The lowest BCUT2D eigenvalue weighted by Gasteiger charge is -2.32. The van der Waals surface area contributed by atoms with Crippen LogP contribution in [0.2, 0.25) is 0 Å². The Morgan fingerprint density at radius 2 is 2.12 bits per heavy atom. The minimum atomic E-state index is -1.48. The predicted octanol–water partition coefficient (Wildman–Crippen LogP) is -0.418. The standard InChI is InChI=1S/C17H22N2O6/c1-17(15(22)14(21)13(8-20)25-17)19-12(16(23)24)6-9-7-18-11-5-3-2-4-10(9)11/h2-5,7,12-15,18-22H,6,8H2,1H3,(H,23,24)/t12-,13+,14+,15-,17?/m0/s1. The van der Waals surface area contributed by atoms with Crippen molar-refractivity contribution < 1.29 is 30.0 Å². The molecule has 0 spiro atoms. The average molecular weight is 350 g/mol. The van der Waals surface area contributed by atoms with E-state index < -0.39 is 42.7 Å². The molecule has 0 saturated carbocycles. The molecule has 1 fully saturated rings. The number of carbonyl (C=O) groups is 1. The lowest BCUT2D eigenvalue weighted by molar-refractivity contribution is -0.147. The zero-order valence-electron chi connectivity index (χ0n) is 13.7. The van der Waals surface area contributed by atoms with Crippen LogP contribution in [0.4, 0.5) is 0 Å².